The Bertz CT molecular complexity index is 2850. The molecule has 0 aliphatic heterocycles. The van der Waals surface area contributed by atoms with Crippen LogP contribution in [0.25, 0.3) is 71.7 Å². The van der Waals surface area contributed by atoms with Crippen LogP contribution in [0.1, 0.15) is 11.1 Å². The Hall–Kier alpha value is -6.84. The number of para-hydroxylation sites is 1. The van der Waals surface area contributed by atoms with Gasteiger partial charge in [-0.3, -0.25) is 0 Å². The maximum absolute atomic E-state index is 6.24. The molecule has 3 heteroatoms. The van der Waals surface area contributed by atoms with Gasteiger partial charge in [0.15, 0.2) is 0 Å². The fraction of sp³-hybridized carbons (Fsp3) is 0.0400. The highest BCUT2D eigenvalue weighted by molar-refractivity contribution is 6.17. The van der Waals surface area contributed by atoms with Gasteiger partial charge in [-0.1, -0.05) is 109 Å². The fourth-order valence-corrected chi connectivity index (χ4v) is 7.92. The lowest BCUT2D eigenvalue weighted by Crippen LogP contribution is -2.10. The van der Waals surface area contributed by atoms with E-state index in [-0.39, 0.29) is 0 Å². The van der Waals surface area contributed by atoms with E-state index in [0.29, 0.717) is 0 Å². The van der Waals surface area contributed by atoms with Crippen LogP contribution in [0, 0.1) is 13.8 Å². The minimum absolute atomic E-state index is 0.896. The molecular formula is C50H36N2O. The van der Waals surface area contributed by atoms with Crippen LogP contribution in [-0.2, 0) is 0 Å². The molecule has 0 atom stereocenters. The van der Waals surface area contributed by atoms with Crippen molar-refractivity contribution in [3.63, 3.8) is 0 Å². The number of furan rings is 1. The summed E-state index contributed by atoms with van der Waals surface area (Å²) in [5.74, 6) is 0. The summed E-state index contributed by atoms with van der Waals surface area (Å²) in [6.45, 7) is 4.42. The lowest BCUT2D eigenvalue weighted by atomic mass is 10.0. The van der Waals surface area contributed by atoms with Crippen LogP contribution in [0.2, 0.25) is 0 Å². The number of benzene rings is 8. The Balaban J connectivity index is 1.22. The number of hydrogen-bond donors (Lipinski definition) is 0. The third-order valence-corrected chi connectivity index (χ3v) is 10.7. The molecule has 2 aromatic heterocycles. The largest absolute Gasteiger partial charge is 0.456 e. The first kappa shape index (κ1) is 30.9. The normalized spacial score (nSPS) is 11.6. The summed E-state index contributed by atoms with van der Waals surface area (Å²) in [5, 5.41) is 4.68. The summed E-state index contributed by atoms with van der Waals surface area (Å²) < 4.78 is 8.67. The molecule has 0 bridgehead atoms. The maximum atomic E-state index is 6.24. The van der Waals surface area contributed by atoms with Gasteiger partial charge in [0.1, 0.15) is 11.2 Å². The highest BCUT2D eigenvalue weighted by atomic mass is 16.3. The first-order chi connectivity index (χ1) is 26.1. The Morgan fingerprint density at radius 2 is 0.981 bits per heavy atom. The average molecular weight is 681 g/mol. The summed E-state index contributed by atoms with van der Waals surface area (Å²) in [7, 11) is 0. The number of aryl methyl sites for hydroxylation is 2. The van der Waals surface area contributed by atoms with Crippen LogP contribution in [0.15, 0.2) is 186 Å². The van der Waals surface area contributed by atoms with Gasteiger partial charge in [0.25, 0.3) is 0 Å². The molecular weight excluding hydrogens is 645 g/mol. The molecule has 0 radical (unpaired) electrons. The van der Waals surface area contributed by atoms with Crippen LogP contribution in [0.5, 0.6) is 0 Å². The lowest BCUT2D eigenvalue weighted by molar-refractivity contribution is 0.669. The van der Waals surface area contributed by atoms with Gasteiger partial charge in [-0.2, -0.15) is 0 Å². The van der Waals surface area contributed by atoms with E-state index in [1.54, 1.807) is 0 Å². The van der Waals surface area contributed by atoms with Gasteiger partial charge in [-0.15, -0.1) is 0 Å². The van der Waals surface area contributed by atoms with Crippen LogP contribution < -0.4 is 4.90 Å². The van der Waals surface area contributed by atoms with E-state index in [9.17, 15) is 0 Å². The van der Waals surface area contributed by atoms with E-state index in [1.165, 1.54) is 49.7 Å². The molecule has 0 spiro atoms. The van der Waals surface area contributed by atoms with Crippen molar-refractivity contribution in [3.05, 3.63) is 193 Å². The van der Waals surface area contributed by atoms with E-state index >= 15 is 0 Å². The molecule has 53 heavy (non-hydrogen) atoms. The Labute approximate surface area is 308 Å². The van der Waals surface area contributed by atoms with Crippen molar-refractivity contribution in [1.29, 1.82) is 0 Å². The van der Waals surface area contributed by atoms with Crippen molar-refractivity contribution < 1.29 is 4.42 Å². The number of fused-ring (bicyclic) bond motifs is 6. The molecule has 0 saturated heterocycles. The Kier molecular flexibility index (Phi) is 7.26. The number of hydrogen-bond acceptors (Lipinski definition) is 2. The summed E-state index contributed by atoms with van der Waals surface area (Å²) in [5.41, 5.74) is 15.9. The summed E-state index contributed by atoms with van der Waals surface area (Å²) in [6, 6.07) is 65.4. The Morgan fingerprint density at radius 1 is 0.415 bits per heavy atom. The first-order valence-corrected chi connectivity index (χ1v) is 18.2. The smallest absolute Gasteiger partial charge is 0.135 e. The molecule has 0 unspecified atom stereocenters. The standard InChI is InChI=1S/C50H36N2O/c1-33-30-44-47(31-34(33)2)52(41-28-29-49-43(32-41)42-16-9-10-19-48(42)53-49)46-18-11-17-45(50(44)46)51(39-24-20-37(21-25-39)35-12-5-3-6-13-35)40-26-22-38(23-27-40)36-14-7-4-8-15-36/h3-32H,1-2H3. The topological polar surface area (TPSA) is 21.3 Å². The predicted octanol–water partition coefficient (Wildman–Crippen LogP) is 14.1. The molecule has 3 nitrogen and oxygen atoms in total. The molecule has 252 valence electrons. The van der Waals surface area contributed by atoms with Crippen molar-refractivity contribution >= 4 is 60.8 Å². The lowest BCUT2D eigenvalue weighted by Gasteiger charge is -2.27. The highest BCUT2D eigenvalue weighted by Gasteiger charge is 2.22. The van der Waals surface area contributed by atoms with Crippen LogP contribution in [0.4, 0.5) is 17.1 Å². The second-order valence-corrected chi connectivity index (χ2v) is 13.9. The van der Waals surface area contributed by atoms with Crippen LogP contribution in [-0.4, -0.2) is 4.57 Å². The van der Waals surface area contributed by atoms with Gasteiger partial charge < -0.3 is 13.9 Å². The SMILES string of the molecule is Cc1cc2c3c(N(c4ccc(-c5ccccc5)cc4)c4ccc(-c5ccccc5)cc4)cccc3n(-c3ccc4oc5ccccc5c4c3)c2cc1C. The molecule has 2 heterocycles. The van der Waals surface area contributed by atoms with Gasteiger partial charge in [0, 0.05) is 38.6 Å². The summed E-state index contributed by atoms with van der Waals surface area (Å²) in [6.07, 6.45) is 0. The molecule has 0 amide bonds. The van der Waals surface area contributed by atoms with E-state index < -0.39 is 0 Å². The van der Waals surface area contributed by atoms with E-state index in [2.05, 4.69) is 193 Å². The van der Waals surface area contributed by atoms with E-state index in [0.717, 1.165) is 50.2 Å². The molecule has 0 saturated carbocycles. The zero-order chi connectivity index (χ0) is 35.5. The second-order valence-electron chi connectivity index (χ2n) is 13.9. The molecule has 0 aliphatic rings. The average Bonchev–Trinajstić information content (AvgIpc) is 3.74. The third-order valence-electron chi connectivity index (χ3n) is 10.7. The number of rotatable bonds is 6. The zero-order valence-corrected chi connectivity index (χ0v) is 29.6. The number of nitrogens with zero attached hydrogens (tertiary/aromatic N) is 2. The molecule has 8 aromatic carbocycles. The predicted molar refractivity (Wildman–Crippen MR) is 223 cm³/mol. The third kappa shape index (κ3) is 5.20. The molecule has 0 fully saturated rings. The quantitative estimate of drug-likeness (QED) is 0.174. The van der Waals surface area contributed by atoms with Gasteiger partial charge >= 0.3 is 0 Å². The minimum atomic E-state index is 0.896. The summed E-state index contributed by atoms with van der Waals surface area (Å²) >= 11 is 0. The summed E-state index contributed by atoms with van der Waals surface area (Å²) in [4.78, 5) is 2.41. The molecule has 10 rings (SSSR count). The molecule has 0 aliphatic carbocycles. The first-order valence-electron chi connectivity index (χ1n) is 18.2. The molecule has 0 N–H and O–H groups in total. The van der Waals surface area contributed by atoms with Gasteiger partial charge in [0.2, 0.25) is 0 Å². The van der Waals surface area contributed by atoms with E-state index in [1.807, 2.05) is 12.1 Å². The highest BCUT2D eigenvalue weighted by Crippen LogP contribution is 2.45. The van der Waals surface area contributed by atoms with Gasteiger partial charge in [-0.25, -0.2) is 0 Å². The monoisotopic (exact) mass is 680 g/mol. The maximum Gasteiger partial charge on any atom is 0.135 e. The molecule has 10 aromatic rings. The fourth-order valence-electron chi connectivity index (χ4n) is 7.92. The van der Waals surface area contributed by atoms with Crippen molar-refractivity contribution in [2.45, 2.75) is 13.8 Å². The van der Waals surface area contributed by atoms with Crippen molar-refractivity contribution in [3.8, 4) is 27.9 Å². The Morgan fingerprint density at radius 3 is 1.64 bits per heavy atom. The van der Waals surface area contributed by atoms with Gasteiger partial charge in [0.05, 0.1) is 16.7 Å². The number of anilines is 3. The van der Waals surface area contributed by atoms with Crippen LogP contribution >= 0.6 is 0 Å². The minimum Gasteiger partial charge on any atom is -0.456 e. The second kappa shape index (κ2) is 12.4. The van der Waals surface area contributed by atoms with E-state index in [4.69, 9.17) is 4.42 Å². The van der Waals surface area contributed by atoms with Crippen LogP contribution in [0.3, 0.4) is 0 Å². The van der Waals surface area contributed by atoms with Crippen molar-refractivity contribution in [2.75, 3.05) is 4.90 Å². The number of aromatic nitrogens is 1. The zero-order valence-electron chi connectivity index (χ0n) is 29.6. The van der Waals surface area contributed by atoms with Gasteiger partial charge in [-0.05, 0) is 120 Å². The van der Waals surface area contributed by atoms with Crippen molar-refractivity contribution in [2.24, 2.45) is 0 Å². The van der Waals surface area contributed by atoms with Crippen molar-refractivity contribution in [1.82, 2.24) is 4.57 Å².